The van der Waals surface area contributed by atoms with Crippen LogP contribution >= 0.6 is 0 Å². The average Bonchev–Trinajstić information content (AvgIpc) is 3.29. The Hall–Kier alpha value is -3.22. The van der Waals surface area contributed by atoms with E-state index in [1.54, 1.807) is 12.4 Å². The molecule has 0 aliphatic heterocycles. The van der Waals surface area contributed by atoms with Crippen LogP contribution in [0, 0.1) is 5.92 Å². The number of aromatic nitrogens is 1. The van der Waals surface area contributed by atoms with Crippen LogP contribution < -0.4 is 10.6 Å². The van der Waals surface area contributed by atoms with Gasteiger partial charge in [-0.3, -0.25) is 14.6 Å². The molecule has 1 fully saturated rings. The molecule has 1 aromatic heterocycles. The highest BCUT2D eigenvalue weighted by molar-refractivity contribution is 5.94. The van der Waals surface area contributed by atoms with E-state index < -0.39 is 23.5 Å². The minimum Gasteiger partial charge on any atom is -0.480 e. The van der Waals surface area contributed by atoms with Crippen molar-refractivity contribution in [2.75, 3.05) is 0 Å². The standard InChI is InChI=1S/C26H33N3O4/c1-3-18(2)15-23(30)29-26(12-4-5-13-26)25(33)28-22(24(31)32)16-19-8-10-20(11-9-19)21-7-6-14-27-17-21/h6-11,14,17-18,22H,3-5,12-13,15-16H2,1-2H3,(H,28,33)(H,29,30)(H,31,32)/t18-,22?/m1/s1. The Morgan fingerprint density at radius 3 is 2.36 bits per heavy atom. The van der Waals surface area contributed by atoms with Crippen LogP contribution in [-0.2, 0) is 20.8 Å². The number of pyridine rings is 1. The number of hydrogen-bond acceptors (Lipinski definition) is 4. The molecular formula is C26H33N3O4. The molecule has 3 rings (SSSR count). The molecule has 1 saturated carbocycles. The van der Waals surface area contributed by atoms with Gasteiger partial charge in [0.25, 0.3) is 0 Å². The largest absolute Gasteiger partial charge is 0.480 e. The van der Waals surface area contributed by atoms with Crippen molar-refractivity contribution in [1.82, 2.24) is 15.6 Å². The van der Waals surface area contributed by atoms with Gasteiger partial charge in [-0.05, 0) is 41.5 Å². The van der Waals surface area contributed by atoms with Crippen molar-refractivity contribution < 1.29 is 19.5 Å². The molecule has 1 aliphatic rings. The van der Waals surface area contributed by atoms with Crippen LogP contribution in [-0.4, -0.2) is 39.5 Å². The number of nitrogens with one attached hydrogen (secondary N) is 2. The van der Waals surface area contributed by atoms with Crippen LogP contribution in [0.15, 0.2) is 48.8 Å². The van der Waals surface area contributed by atoms with Gasteiger partial charge in [-0.25, -0.2) is 4.79 Å². The molecule has 0 radical (unpaired) electrons. The fourth-order valence-corrected chi connectivity index (χ4v) is 4.27. The summed E-state index contributed by atoms with van der Waals surface area (Å²) in [6.07, 6.45) is 7.58. The smallest absolute Gasteiger partial charge is 0.326 e. The fourth-order valence-electron chi connectivity index (χ4n) is 4.27. The summed E-state index contributed by atoms with van der Waals surface area (Å²) in [6, 6.07) is 10.3. The summed E-state index contributed by atoms with van der Waals surface area (Å²) in [5.41, 5.74) is 1.74. The second-order valence-corrected chi connectivity index (χ2v) is 9.06. The van der Waals surface area contributed by atoms with Crippen molar-refractivity contribution in [2.24, 2.45) is 5.92 Å². The maximum atomic E-state index is 13.2. The molecule has 3 N–H and O–H groups in total. The van der Waals surface area contributed by atoms with Crippen molar-refractivity contribution in [3.63, 3.8) is 0 Å². The third kappa shape index (κ3) is 6.40. The molecule has 2 aromatic rings. The maximum Gasteiger partial charge on any atom is 0.326 e. The van der Waals surface area contributed by atoms with Crippen molar-refractivity contribution in [3.05, 3.63) is 54.4 Å². The Kier molecular flexibility index (Phi) is 8.20. The summed E-state index contributed by atoms with van der Waals surface area (Å²) in [4.78, 5) is 41.8. The minimum atomic E-state index is -1.10. The summed E-state index contributed by atoms with van der Waals surface area (Å²) in [5, 5.41) is 15.4. The SMILES string of the molecule is CC[C@@H](C)CC(=O)NC1(C(=O)NC(Cc2ccc(-c3cccnc3)cc2)C(=O)O)CCCC1. The van der Waals surface area contributed by atoms with E-state index in [1.165, 1.54) is 0 Å². The predicted octanol–water partition coefficient (Wildman–Crippen LogP) is 3.73. The van der Waals surface area contributed by atoms with Crippen LogP contribution in [0.5, 0.6) is 0 Å². The Balaban J connectivity index is 1.68. The molecule has 1 aromatic carbocycles. The first-order chi connectivity index (χ1) is 15.8. The van der Waals surface area contributed by atoms with Crippen LogP contribution in [0.25, 0.3) is 11.1 Å². The number of rotatable bonds is 10. The topological polar surface area (TPSA) is 108 Å². The Bertz CT molecular complexity index is 953. The molecule has 176 valence electrons. The van der Waals surface area contributed by atoms with Crippen molar-refractivity contribution in [3.8, 4) is 11.1 Å². The number of nitrogens with zero attached hydrogens (tertiary/aromatic N) is 1. The van der Waals surface area contributed by atoms with Crippen LogP contribution in [0.3, 0.4) is 0 Å². The fraction of sp³-hybridized carbons (Fsp3) is 0.462. The highest BCUT2D eigenvalue weighted by Crippen LogP contribution is 2.30. The van der Waals surface area contributed by atoms with Gasteiger partial charge in [0.05, 0.1) is 0 Å². The molecule has 0 saturated heterocycles. The molecule has 0 spiro atoms. The number of amides is 2. The van der Waals surface area contributed by atoms with Crippen LogP contribution in [0.1, 0.15) is 57.9 Å². The summed E-state index contributed by atoms with van der Waals surface area (Å²) < 4.78 is 0. The van der Waals surface area contributed by atoms with E-state index in [0.717, 1.165) is 36.0 Å². The number of aliphatic carboxylic acids is 1. The average molecular weight is 452 g/mol. The van der Waals surface area contributed by atoms with Gasteiger partial charge >= 0.3 is 5.97 Å². The Labute approximate surface area is 195 Å². The molecule has 1 unspecified atom stereocenters. The molecule has 1 heterocycles. The van der Waals surface area contributed by atoms with Gasteiger partial charge in [0.15, 0.2) is 0 Å². The third-order valence-electron chi connectivity index (χ3n) is 6.49. The zero-order valence-corrected chi connectivity index (χ0v) is 19.3. The lowest BCUT2D eigenvalue weighted by Gasteiger charge is -2.31. The highest BCUT2D eigenvalue weighted by atomic mass is 16.4. The lowest BCUT2D eigenvalue weighted by molar-refractivity contribution is -0.143. The first-order valence-corrected chi connectivity index (χ1v) is 11.7. The van der Waals surface area contributed by atoms with Crippen molar-refractivity contribution >= 4 is 17.8 Å². The van der Waals surface area contributed by atoms with E-state index in [4.69, 9.17) is 0 Å². The van der Waals surface area contributed by atoms with E-state index in [2.05, 4.69) is 15.6 Å². The van der Waals surface area contributed by atoms with Gasteiger partial charge in [0.2, 0.25) is 11.8 Å². The number of carboxylic acid groups (broad SMARTS) is 1. The normalized spacial score (nSPS) is 16.5. The number of hydrogen-bond donors (Lipinski definition) is 3. The van der Waals surface area contributed by atoms with Gasteiger partial charge in [-0.1, -0.05) is 63.4 Å². The second kappa shape index (κ2) is 11.1. The first-order valence-electron chi connectivity index (χ1n) is 11.7. The summed E-state index contributed by atoms with van der Waals surface area (Å²) >= 11 is 0. The van der Waals surface area contributed by atoms with E-state index in [1.807, 2.05) is 50.2 Å². The van der Waals surface area contributed by atoms with E-state index >= 15 is 0 Å². The quantitative estimate of drug-likeness (QED) is 0.510. The molecule has 2 atom stereocenters. The zero-order valence-electron chi connectivity index (χ0n) is 19.3. The highest BCUT2D eigenvalue weighted by Gasteiger charge is 2.43. The lowest BCUT2D eigenvalue weighted by Crippen LogP contribution is -2.60. The zero-order chi connectivity index (χ0) is 23.8. The maximum absolute atomic E-state index is 13.2. The lowest BCUT2D eigenvalue weighted by atomic mass is 9.93. The molecule has 7 heteroatoms. The predicted molar refractivity (Wildman–Crippen MR) is 126 cm³/mol. The molecule has 2 amide bonds. The van der Waals surface area contributed by atoms with E-state index in [-0.39, 0.29) is 18.2 Å². The third-order valence-corrected chi connectivity index (χ3v) is 6.49. The van der Waals surface area contributed by atoms with Gasteiger partial charge < -0.3 is 15.7 Å². The van der Waals surface area contributed by atoms with Gasteiger partial charge in [-0.2, -0.15) is 0 Å². The number of carbonyl (C=O) groups excluding carboxylic acids is 2. The van der Waals surface area contributed by atoms with Crippen molar-refractivity contribution in [1.29, 1.82) is 0 Å². The van der Waals surface area contributed by atoms with Gasteiger partial charge in [0, 0.05) is 25.2 Å². The summed E-state index contributed by atoms with van der Waals surface area (Å²) in [7, 11) is 0. The minimum absolute atomic E-state index is 0.153. The second-order valence-electron chi connectivity index (χ2n) is 9.06. The molecule has 33 heavy (non-hydrogen) atoms. The molecule has 1 aliphatic carbocycles. The number of benzene rings is 1. The summed E-state index contributed by atoms with van der Waals surface area (Å²) in [5.74, 6) is -1.43. The van der Waals surface area contributed by atoms with Gasteiger partial charge in [0.1, 0.15) is 11.6 Å². The number of carbonyl (C=O) groups is 3. The van der Waals surface area contributed by atoms with Crippen LogP contribution in [0.2, 0.25) is 0 Å². The number of carboxylic acids is 1. The monoisotopic (exact) mass is 451 g/mol. The van der Waals surface area contributed by atoms with E-state index in [9.17, 15) is 19.5 Å². The Morgan fingerprint density at radius 2 is 1.79 bits per heavy atom. The van der Waals surface area contributed by atoms with E-state index in [0.29, 0.717) is 19.3 Å². The van der Waals surface area contributed by atoms with Gasteiger partial charge in [-0.15, -0.1) is 0 Å². The first kappa shape index (κ1) is 24.4. The molecular weight excluding hydrogens is 418 g/mol. The molecule has 0 bridgehead atoms. The Morgan fingerprint density at radius 1 is 1.09 bits per heavy atom. The van der Waals surface area contributed by atoms with Crippen LogP contribution in [0.4, 0.5) is 0 Å². The summed E-state index contributed by atoms with van der Waals surface area (Å²) in [6.45, 7) is 4.03. The molecule has 7 nitrogen and oxygen atoms in total. The van der Waals surface area contributed by atoms with Crippen molar-refractivity contribution in [2.45, 2.75) is 70.4 Å².